The Morgan fingerprint density at radius 2 is 2.22 bits per heavy atom. The van der Waals surface area contributed by atoms with Gasteiger partial charge in [0.2, 0.25) is 0 Å². The summed E-state index contributed by atoms with van der Waals surface area (Å²) >= 11 is 6.08. The van der Waals surface area contributed by atoms with Crippen LogP contribution in [0.1, 0.15) is 24.4 Å². The number of halogens is 1. The molecule has 0 aliphatic heterocycles. The Hall–Kier alpha value is -1.62. The number of hydrogen-bond donors (Lipinski definition) is 0. The van der Waals surface area contributed by atoms with E-state index in [-0.39, 0.29) is 10.9 Å². The lowest BCUT2D eigenvalue weighted by molar-refractivity contribution is 0.511. The fraction of sp³-hybridized carbons (Fsp3) is 0.417. The number of rotatable bonds is 5. The molecule has 18 heavy (non-hydrogen) atoms. The van der Waals surface area contributed by atoms with E-state index >= 15 is 0 Å². The first-order chi connectivity index (χ1) is 8.70. The Labute approximate surface area is 110 Å². The highest BCUT2D eigenvalue weighted by molar-refractivity contribution is 6.20. The average Bonchev–Trinajstić information content (AvgIpc) is 2.86. The first-order valence-electron chi connectivity index (χ1n) is 5.90. The second kappa shape index (κ2) is 5.82. The second-order valence-electron chi connectivity index (χ2n) is 4.01. The molecular weight excluding hydrogens is 252 g/mol. The molecule has 0 aliphatic carbocycles. The molecule has 0 fully saturated rings. The molecule has 0 aromatic carbocycles. The number of aryl methyl sites for hydroxylation is 2. The summed E-state index contributed by atoms with van der Waals surface area (Å²) in [6.45, 7) is 3.17. The smallest absolute Gasteiger partial charge is 0.250 e. The highest BCUT2D eigenvalue weighted by Crippen LogP contribution is 2.20. The molecule has 2 aromatic heterocycles. The van der Waals surface area contributed by atoms with Gasteiger partial charge < -0.3 is 4.57 Å². The highest BCUT2D eigenvalue weighted by atomic mass is 35.5. The Bertz CT molecular complexity index is 563. The minimum Gasteiger partial charge on any atom is -0.314 e. The van der Waals surface area contributed by atoms with E-state index in [0.29, 0.717) is 13.1 Å². The molecule has 0 N–H and O–H groups in total. The van der Waals surface area contributed by atoms with E-state index in [9.17, 15) is 4.79 Å². The SMILES string of the molecule is CCC(Cl)c1cn(CCn2ccccc2=O)nn1. The third kappa shape index (κ3) is 2.98. The van der Waals surface area contributed by atoms with E-state index in [2.05, 4.69) is 10.3 Å². The minimum atomic E-state index is -0.0989. The Morgan fingerprint density at radius 1 is 1.39 bits per heavy atom. The molecule has 0 spiro atoms. The van der Waals surface area contributed by atoms with Crippen LogP contribution in [0.4, 0.5) is 0 Å². The molecule has 5 nitrogen and oxygen atoms in total. The van der Waals surface area contributed by atoms with E-state index in [1.54, 1.807) is 27.6 Å². The van der Waals surface area contributed by atoms with Crippen LogP contribution in [0.3, 0.4) is 0 Å². The van der Waals surface area contributed by atoms with Crippen LogP contribution in [0.2, 0.25) is 0 Å². The van der Waals surface area contributed by atoms with E-state index in [1.807, 2.05) is 19.2 Å². The van der Waals surface area contributed by atoms with Gasteiger partial charge >= 0.3 is 0 Å². The summed E-state index contributed by atoms with van der Waals surface area (Å²) < 4.78 is 3.35. The Morgan fingerprint density at radius 3 is 2.94 bits per heavy atom. The van der Waals surface area contributed by atoms with Gasteiger partial charge in [-0.05, 0) is 12.5 Å². The summed E-state index contributed by atoms with van der Waals surface area (Å²) in [5.41, 5.74) is 0.765. The van der Waals surface area contributed by atoms with Crippen molar-refractivity contribution < 1.29 is 0 Å². The van der Waals surface area contributed by atoms with Gasteiger partial charge in [-0.2, -0.15) is 0 Å². The van der Waals surface area contributed by atoms with Crippen molar-refractivity contribution in [1.29, 1.82) is 0 Å². The van der Waals surface area contributed by atoms with E-state index in [0.717, 1.165) is 12.1 Å². The number of nitrogens with zero attached hydrogens (tertiary/aromatic N) is 4. The molecule has 0 saturated carbocycles. The molecule has 2 rings (SSSR count). The topological polar surface area (TPSA) is 52.7 Å². The molecule has 6 heteroatoms. The van der Waals surface area contributed by atoms with Crippen molar-refractivity contribution in [3.05, 3.63) is 46.6 Å². The summed E-state index contributed by atoms with van der Waals surface area (Å²) in [7, 11) is 0. The van der Waals surface area contributed by atoms with Crippen LogP contribution in [0.15, 0.2) is 35.4 Å². The normalized spacial score (nSPS) is 12.6. The van der Waals surface area contributed by atoms with Gasteiger partial charge in [0.25, 0.3) is 5.56 Å². The second-order valence-corrected chi connectivity index (χ2v) is 4.54. The van der Waals surface area contributed by atoms with E-state index in [4.69, 9.17) is 11.6 Å². The fourth-order valence-corrected chi connectivity index (χ4v) is 1.73. The third-order valence-electron chi connectivity index (χ3n) is 2.70. The molecule has 0 bridgehead atoms. The van der Waals surface area contributed by atoms with Crippen LogP contribution in [-0.2, 0) is 13.1 Å². The lowest BCUT2D eigenvalue weighted by Gasteiger charge is -2.04. The zero-order valence-electron chi connectivity index (χ0n) is 10.2. The van der Waals surface area contributed by atoms with Gasteiger partial charge in [0.1, 0.15) is 5.69 Å². The van der Waals surface area contributed by atoms with Crippen LogP contribution in [-0.4, -0.2) is 19.6 Å². The zero-order chi connectivity index (χ0) is 13.0. The van der Waals surface area contributed by atoms with Crippen LogP contribution < -0.4 is 5.56 Å². The van der Waals surface area contributed by atoms with Crippen molar-refractivity contribution in [3.8, 4) is 0 Å². The van der Waals surface area contributed by atoms with Crippen molar-refractivity contribution in [2.75, 3.05) is 0 Å². The van der Waals surface area contributed by atoms with Gasteiger partial charge in [-0.1, -0.05) is 18.2 Å². The van der Waals surface area contributed by atoms with Crippen molar-refractivity contribution in [3.63, 3.8) is 0 Å². The lowest BCUT2D eigenvalue weighted by Crippen LogP contribution is -2.20. The van der Waals surface area contributed by atoms with Gasteiger partial charge in [-0.25, -0.2) is 0 Å². The Kier molecular flexibility index (Phi) is 4.15. The van der Waals surface area contributed by atoms with E-state index in [1.165, 1.54) is 0 Å². The number of hydrogen-bond acceptors (Lipinski definition) is 3. The average molecular weight is 267 g/mol. The van der Waals surface area contributed by atoms with Gasteiger partial charge in [0, 0.05) is 18.8 Å². The Balaban J connectivity index is 2.01. The molecule has 1 atom stereocenters. The fourth-order valence-electron chi connectivity index (χ4n) is 1.63. The predicted octanol–water partition coefficient (Wildman–Crippen LogP) is 1.83. The van der Waals surface area contributed by atoms with E-state index < -0.39 is 0 Å². The van der Waals surface area contributed by atoms with Crippen molar-refractivity contribution in [2.24, 2.45) is 0 Å². The highest BCUT2D eigenvalue weighted by Gasteiger charge is 2.09. The van der Waals surface area contributed by atoms with Gasteiger partial charge in [-0.3, -0.25) is 9.48 Å². The largest absolute Gasteiger partial charge is 0.314 e. The molecule has 2 aromatic rings. The molecule has 1 unspecified atom stereocenters. The van der Waals surface area contributed by atoms with Crippen molar-refractivity contribution in [1.82, 2.24) is 19.6 Å². The molecule has 96 valence electrons. The van der Waals surface area contributed by atoms with Crippen molar-refractivity contribution >= 4 is 11.6 Å². The van der Waals surface area contributed by atoms with Crippen LogP contribution >= 0.6 is 11.6 Å². The molecule has 2 heterocycles. The zero-order valence-corrected chi connectivity index (χ0v) is 10.9. The molecular formula is C12H15ClN4O. The maximum Gasteiger partial charge on any atom is 0.250 e. The molecule has 0 radical (unpaired) electrons. The maximum atomic E-state index is 11.5. The molecule has 0 amide bonds. The number of aromatic nitrogens is 4. The predicted molar refractivity (Wildman–Crippen MR) is 69.6 cm³/mol. The quantitative estimate of drug-likeness (QED) is 0.776. The van der Waals surface area contributed by atoms with Crippen LogP contribution in [0, 0.1) is 0 Å². The summed E-state index contributed by atoms with van der Waals surface area (Å²) in [4.78, 5) is 11.5. The minimum absolute atomic E-state index is 0.0124. The van der Waals surface area contributed by atoms with Crippen LogP contribution in [0.25, 0.3) is 0 Å². The van der Waals surface area contributed by atoms with Crippen LogP contribution in [0.5, 0.6) is 0 Å². The summed E-state index contributed by atoms with van der Waals surface area (Å²) in [6.07, 6.45) is 4.41. The standard InChI is InChI=1S/C12H15ClN4O/c1-2-10(13)11-9-17(15-14-11)8-7-16-6-4-3-5-12(16)18/h3-6,9-10H,2,7-8H2,1H3. The summed E-state index contributed by atoms with van der Waals surface area (Å²) in [6, 6.07) is 5.10. The van der Waals surface area contributed by atoms with Gasteiger partial charge in [0.05, 0.1) is 18.1 Å². The number of alkyl halides is 1. The lowest BCUT2D eigenvalue weighted by atomic mass is 10.3. The van der Waals surface area contributed by atoms with Gasteiger partial charge in [0.15, 0.2) is 0 Å². The summed E-state index contributed by atoms with van der Waals surface area (Å²) in [5.74, 6) is 0. The first kappa shape index (κ1) is 12.8. The first-order valence-corrected chi connectivity index (χ1v) is 6.34. The maximum absolute atomic E-state index is 11.5. The number of pyridine rings is 1. The van der Waals surface area contributed by atoms with Crippen molar-refractivity contribution in [2.45, 2.75) is 31.8 Å². The summed E-state index contributed by atoms with van der Waals surface area (Å²) in [5, 5.41) is 7.91. The monoisotopic (exact) mass is 266 g/mol. The molecule has 0 saturated heterocycles. The van der Waals surface area contributed by atoms with Gasteiger partial charge in [-0.15, -0.1) is 16.7 Å². The third-order valence-corrected chi connectivity index (χ3v) is 3.24. The molecule has 0 aliphatic rings.